The second-order valence-corrected chi connectivity index (χ2v) is 6.67. The first kappa shape index (κ1) is 18.7. The van der Waals surface area contributed by atoms with Crippen molar-refractivity contribution in [2.75, 3.05) is 13.4 Å². The van der Waals surface area contributed by atoms with Crippen molar-refractivity contribution in [1.82, 2.24) is 9.97 Å². The number of aromatic amines is 1. The standard InChI is InChI=1S/C18H14ClF3N2OS/c1-25-14-9-11(5-8-13(14)19)16-15(23-17(24-16)18(20,21)22)10-3-6-12(26-2)7-4-10/h3-9H,1-2H3,(H,23,24). The average molecular weight is 399 g/mol. The first-order chi connectivity index (χ1) is 12.3. The summed E-state index contributed by atoms with van der Waals surface area (Å²) in [5.74, 6) is -0.685. The zero-order chi connectivity index (χ0) is 18.9. The van der Waals surface area contributed by atoms with E-state index < -0.39 is 12.0 Å². The van der Waals surface area contributed by atoms with E-state index >= 15 is 0 Å². The van der Waals surface area contributed by atoms with Crippen LogP contribution in [0.2, 0.25) is 5.02 Å². The summed E-state index contributed by atoms with van der Waals surface area (Å²) in [5, 5.41) is 0.369. The minimum Gasteiger partial charge on any atom is -0.495 e. The number of nitrogens with zero attached hydrogens (tertiary/aromatic N) is 1. The molecule has 0 aliphatic carbocycles. The maximum atomic E-state index is 13.2. The van der Waals surface area contributed by atoms with Gasteiger partial charge in [-0.1, -0.05) is 29.8 Å². The van der Waals surface area contributed by atoms with Crippen LogP contribution in [0.4, 0.5) is 13.2 Å². The monoisotopic (exact) mass is 398 g/mol. The molecule has 0 spiro atoms. The first-order valence-corrected chi connectivity index (χ1v) is 9.09. The van der Waals surface area contributed by atoms with Gasteiger partial charge in [-0.25, -0.2) is 4.98 Å². The number of H-pyrrole nitrogens is 1. The lowest BCUT2D eigenvalue weighted by atomic mass is 10.0. The summed E-state index contributed by atoms with van der Waals surface area (Å²) in [6.07, 6.45) is -2.65. The SMILES string of the molecule is COc1cc(-c2nc(C(F)(F)F)[nH]c2-c2ccc(SC)cc2)ccc1Cl. The van der Waals surface area contributed by atoms with E-state index in [9.17, 15) is 13.2 Å². The highest BCUT2D eigenvalue weighted by atomic mass is 35.5. The molecule has 0 saturated carbocycles. The highest BCUT2D eigenvalue weighted by Crippen LogP contribution is 2.38. The van der Waals surface area contributed by atoms with Crippen LogP contribution < -0.4 is 4.74 Å². The highest BCUT2D eigenvalue weighted by molar-refractivity contribution is 7.98. The van der Waals surface area contributed by atoms with Gasteiger partial charge in [-0.3, -0.25) is 0 Å². The molecule has 0 atom stereocenters. The number of halogens is 4. The number of benzene rings is 2. The highest BCUT2D eigenvalue weighted by Gasteiger charge is 2.36. The van der Waals surface area contributed by atoms with E-state index in [0.717, 1.165) is 4.90 Å². The number of nitrogens with one attached hydrogen (secondary N) is 1. The van der Waals surface area contributed by atoms with Crippen LogP contribution in [0.1, 0.15) is 5.82 Å². The Bertz CT molecular complexity index is 923. The lowest BCUT2D eigenvalue weighted by Gasteiger charge is -2.07. The Hall–Kier alpha value is -2.12. The van der Waals surface area contributed by atoms with Crippen LogP contribution in [-0.4, -0.2) is 23.3 Å². The van der Waals surface area contributed by atoms with E-state index in [-0.39, 0.29) is 11.4 Å². The summed E-state index contributed by atoms with van der Waals surface area (Å²) in [4.78, 5) is 7.21. The molecule has 2 aromatic carbocycles. The van der Waals surface area contributed by atoms with E-state index in [1.807, 2.05) is 18.4 Å². The van der Waals surface area contributed by atoms with E-state index in [1.165, 1.54) is 7.11 Å². The van der Waals surface area contributed by atoms with Crippen molar-refractivity contribution >= 4 is 23.4 Å². The molecule has 0 bridgehead atoms. The molecule has 136 valence electrons. The number of hydrogen-bond donors (Lipinski definition) is 1. The van der Waals surface area contributed by atoms with Crippen molar-refractivity contribution in [2.24, 2.45) is 0 Å². The molecule has 0 fully saturated rings. The predicted octanol–water partition coefficient (Wildman–Crippen LogP) is 6.15. The molecule has 1 heterocycles. The number of thioether (sulfide) groups is 1. The molecule has 0 aliphatic rings. The van der Waals surface area contributed by atoms with Gasteiger partial charge in [-0.05, 0) is 30.5 Å². The minimum atomic E-state index is -4.58. The van der Waals surface area contributed by atoms with Gasteiger partial charge in [0.05, 0.1) is 23.5 Å². The maximum absolute atomic E-state index is 13.2. The van der Waals surface area contributed by atoms with E-state index in [2.05, 4.69) is 9.97 Å². The normalized spacial score (nSPS) is 11.6. The number of methoxy groups -OCH3 is 1. The van der Waals surface area contributed by atoms with Crippen LogP contribution in [0.5, 0.6) is 5.75 Å². The molecule has 0 saturated heterocycles. The van der Waals surface area contributed by atoms with Crippen molar-refractivity contribution < 1.29 is 17.9 Å². The van der Waals surface area contributed by atoms with Crippen molar-refractivity contribution in [3.63, 3.8) is 0 Å². The molecule has 26 heavy (non-hydrogen) atoms. The fourth-order valence-electron chi connectivity index (χ4n) is 2.49. The molecule has 0 unspecified atom stereocenters. The fourth-order valence-corrected chi connectivity index (χ4v) is 3.09. The summed E-state index contributed by atoms with van der Waals surface area (Å²) in [6, 6.07) is 12.0. The van der Waals surface area contributed by atoms with Crippen LogP contribution in [0, 0.1) is 0 Å². The number of rotatable bonds is 4. The summed E-state index contributed by atoms with van der Waals surface area (Å²) >= 11 is 7.57. The van der Waals surface area contributed by atoms with Crippen LogP contribution in [0.25, 0.3) is 22.5 Å². The van der Waals surface area contributed by atoms with Crippen molar-refractivity contribution in [3.05, 3.63) is 53.3 Å². The molecule has 1 N–H and O–H groups in total. The summed E-state index contributed by atoms with van der Waals surface area (Å²) < 4.78 is 44.8. The third-order valence-corrected chi connectivity index (χ3v) is 4.83. The zero-order valence-electron chi connectivity index (χ0n) is 13.8. The third-order valence-electron chi connectivity index (χ3n) is 3.78. The van der Waals surface area contributed by atoms with Crippen molar-refractivity contribution in [2.45, 2.75) is 11.1 Å². The number of ether oxygens (including phenoxy) is 1. The van der Waals surface area contributed by atoms with Gasteiger partial charge < -0.3 is 9.72 Å². The Morgan fingerprint density at radius 3 is 2.31 bits per heavy atom. The second kappa shape index (κ2) is 7.25. The van der Waals surface area contributed by atoms with Crippen LogP contribution >= 0.6 is 23.4 Å². The first-order valence-electron chi connectivity index (χ1n) is 7.49. The molecule has 3 aromatic rings. The maximum Gasteiger partial charge on any atom is 0.449 e. The Morgan fingerprint density at radius 2 is 1.73 bits per heavy atom. The van der Waals surface area contributed by atoms with Crippen LogP contribution in [0.3, 0.4) is 0 Å². The predicted molar refractivity (Wildman–Crippen MR) is 97.8 cm³/mol. The smallest absolute Gasteiger partial charge is 0.449 e. The number of aromatic nitrogens is 2. The lowest BCUT2D eigenvalue weighted by molar-refractivity contribution is -0.144. The molecule has 3 nitrogen and oxygen atoms in total. The number of alkyl halides is 3. The Kier molecular flexibility index (Phi) is 5.20. The van der Waals surface area contributed by atoms with Crippen LogP contribution in [0.15, 0.2) is 47.4 Å². The molecular weight excluding hydrogens is 385 g/mol. The van der Waals surface area contributed by atoms with Crippen molar-refractivity contribution in [1.29, 1.82) is 0 Å². The molecule has 0 aliphatic heterocycles. The lowest BCUT2D eigenvalue weighted by Crippen LogP contribution is -2.07. The fraction of sp³-hybridized carbons (Fsp3) is 0.167. The van der Waals surface area contributed by atoms with Gasteiger partial charge in [0.15, 0.2) is 0 Å². The topological polar surface area (TPSA) is 37.9 Å². The molecule has 0 amide bonds. The van der Waals surface area contributed by atoms with Gasteiger partial charge in [0.1, 0.15) is 5.75 Å². The summed E-state index contributed by atoms with van der Waals surface area (Å²) in [5.41, 5.74) is 1.55. The largest absolute Gasteiger partial charge is 0.495 e. The van der Waals surface area contributed by atoms with Gasteiger partial charge >= 0.3 is 6.18 Å². The summed E-state index contributed by atoms with van der Waals surface area (Å²) in [6.45, 7) is 0. The quantitative estimate of drug-likeness (QED) is 0.536. The molecular formula is C18H14ClF3N2OS. The van der Waals surface area contributed by atoms with E-state index in [0.29, 0.717) is 21.9 Å². The number of hydrogen-bond acceptors (Lipinski definition) is 3. The summed E-state index contributed by atoms with van der Waals surface area (Å²) in [7, 11) is 1.44. The van der Waals surface area contributed by atoms with Gasteiger partial charge in [-0.15, -0.1) is 11.8 Å². The minimum absolute atomic E-state index is 0.184. The molecule has 3 rings (SSSR count). The molecule has 8 heteroatoms. The molecule has 0 radical (unpaired) electrons. The Balaban J connectivity index is 2.18. The van der Waals surface area contributed by atoms with Gasteiger partial charge in [0.2, 0.25) is 5.82 Å². The third kappa shape index (κ3) is 3.68. The Labute approximate surface area is 157 Å². The second-order valence-electron chi connectivity index (χ2n) is 5.38. The van der Waals surface area contributed by atoms with Crippen molar-refractivity contribution in [3.8, 4) is 28.3 Å². The average Bonchev–Trinajstić information content (AvgIpc) is 3.08. The van der Waals surface area contributed by atoms with Gasteiger partial charge in [-0.2, -0.15) is 13.2 Å². The van der Waals surface area contributed by atoms with Gasteiger partial charge in [0, 0.05) is 16.0 Å². The number of imidazole rings is 1. The van der Waals surface area contributed by atoms with Gasteiger partial charge in [0.25, 0.3) is 0 Å². The molecule has 1 aromatic heterocycles. The van der Waals surface area contributed by atoms with Crippen LogP contribution in [-0.2, 0) is 6.18 Å². The Morgan fingerprint density at radius 1 is 1.08 bits per heavy atom. The zero-order valence-corrected chi connectivity index (χ0v) is 15.4. The van der Waals surface area contributed by atoms with E-state index in [1.54, 1.807) is 42.1 Å². The van der Waals surface area contributed by atoms with E-state index in [4.69, 9.17) is 16.3 Å².